The van der Waals surface area contributed by atoms with Gasteiger partial charge in [0.1, 0.15) is 0 Å². The van der Waals surface area contributed by atoms with Gasteiger partial charge in [-0.2, -0.15) is 5.70 Å². The van der Waals surface area contributed by atoms with Crippen LogP contribution in [0.5, 0.6) is 0 Å². The fourth-order valence-electron chi connectivity index (χ4n) is 1.61. The van der Waals surface area contributed by atoms with Crippen LogP contribution < -0.4 is 0 Å². The maximum Gasteiger partial charge on any atom is 0 e. The number of allylic oxidation sites excluding steroid dienone is 1. The molecule has 0 bridgehead atoms. The topological polar surface area (TPSA) is 23.8 Å². The van der Waals surface area contributed by atoms with Crippen molar-refractivity contribution in [2.24, 2.45) is 0 Å². The van der Waals surface area contributed by atoms with Crippen LogP contribution in [0.2, 0.25) is 0 Å². The van der Waals surface area contributed by atoms with Crippen LogP contribution in [0.25, 0.3) is 22.6 Å². The van der Waals surface area contributed by atoms with Crippen LogP contribution >= 0.6 is 0 Å². The minimum Gasteiger partial charge on any atom is -0.702 e. The van der Waals surface area contributed by atoms with Crippen molar-refractivity contribution in [1.82, 2.24) is 0 Å². The SMILES string of the molecule is C/C([NH-])=C\c1cccc2ccccc12.[Ac]. The van der Waals surface area contributed by atoms with Gasteiger partial charge in [0.2, 0.25) is 0 Å². The molecular weight excluding hydrogens is 397 g/mol. The van der Waals surface area contributed by atoms with Gasteiger partial charge >= 0.3 is 0 Å². The summed E-state index contributed by atoms with van der Waals surface area (Å²) in [5.74, 6) is 0. The normalized spacial score (nSPS) is 11.1. The number of fused-ring (bicyclic) bond motifs is 1. The van der Waals surface area contributed by atoms with E-state index in [-0.39, 0.29) is 44.1 Å². The van der Waals surface area contributed by atoms with Gasteiger partial charge in [-0.15, -0.1) is 0 Å². The Morgan fingerprint density at radius 1 is 1.07 bits per heavy atom. The quantitative estimate of drug-likeness (QED) is 0.673. The molecule has 2 heteroatoms. The number of nitrogens with one attached hydrogen (secondary N) is 1. The minimum atomic E-state index is 0. The van der Waals surface area contributed by atoms with E-state index in [4.69, 9.17) is 5.73 Å². The van der Waals surface area contributed by atoms with Crippen molar-refractivity contribution >= 4 is 16.8 Å². The van der Waals surface area contributed by atoms with Crippen LogP contribution in [0.4, 0.5) is 0 Å². The first-order valence-corrected chi connectivity index (χ1v) is 4.65. The first kappa shape index (κ1) is 12.7. The van der Waals surface area contributed by atoms with Gasteiger partial charge in [0.05, 0.1) is 0 Å². The van der Waals surface area contributed by atoms with Crippen LogP contribution in [-0.4, -0.2) is 0 Å². The van der Waals surface area contributed by atoms with Gasteiger partial charge in [0.15, 0.2) is 0 Å². The largest absolute Gasteiger partial charge is 0.702 e. The number of rotatable bonds is 1. The van der Waals surface area contributed by atoms with Crippen molar-refractivity contribution in [3.63, 3.8) is 0 Å². The third-order valence-corrected chi connectivity index (χ3v) is 2.20. The number of hydrogen-bond acceptors (Lipinski definition) is 0. The molecule has 2 rings (SSSR count). The Balaban J connectivity index is 0.00000112. The summed E-state index contributed by atoms with van der Waals surface area (Å²) in [6, 6.07) is 14.4. The second kappa shape index (κ2) is 5.68. The van der Waals surface area contributed by atoms with Gasteiger partial charge in [0, 0.05) is 44.1 Å². The zero-order valence-corrected chi connectivity index (χ0v) is 13.4. The predicted octanol–water partition coefficient (Wildman–Crippen LogP) is 4.25. The van der Waals surface area contributed by atoms with E-state index in [2.05, 4.69) is 18.2 Å². The number of hydrogen-bond donors (Lipinski definition) is 0. The molecule has 0 saturated heterocycles. The van der Waals surface area contributed by atoms with Crippen molar-refractivity contribution in [3.8, 4) is 0 Å². The van der Waals surface area contributed by atoms with E-state index in [0.29, 0.717) is 5.70 Å². The summed E-state index contributed by atoms with van der Waals surface area (Å²) in [5, 5.41) is 2.43. The van der Waals surface area contributed by atoms with Crippen molar-refractivity contribution < 1.29 is 44.1 Å². The molecule has 73 valence electrons. The van der Waals surface area contributed by atoms with E-state index in [1.165, 1.54) is 10.8 Å². The summed E-state index contributed by atoms with van der Waals surface area (Å²) >= 11 is 0. The van der Waals surface area contributed by atoms with Crippen LogP contribution in [-0.2, 0) is 0 Å². The molecule has 0 amide bonds. The van der Waals surface area contributed by atoms with Gasteiger partial charge in [-0.05, 0) is 16.3 Å². The first-order valence-electron chi connectivity index (χ1n) is 4.65. The summed E-state index contributed by atoms with van der Waals surface area (Å²) in [7, 11) is 0. The summed E-state index contributed by atoms with van der Waals surface area (Å²) in [4.78, 5) is 0. The summed E-state index contributed by atoms with van der Waals surface area (Å²) in [6.45, 7) is 1.79. The molecule has 2 aromatic rings. The predicted molar refractivity (Wildman–Crippen MR) is 61.9 cm³/mol. The Hall–Kier alpha value is -0.318. The molecule has 0 aliphatic heterocycles. The maximum absolute atomic E-state index is 7.45. The van der Waals surface area contributed by atoms with Gasteiger partial charge in [-0.25, -0.2) is 0 Å². The molecule has 0 heterocycles. The fraction of sp³-hybridized carbons (Fsp3) is 0.0769. The average Bonchev–Trinajstić information content (AvgIpc) is 2.18. The first-order chi connectivity index (χ1) is 6.77. The summed E-state index contributed by atoms with van der Waals surface area (Å²) < 4.78 is 0. The molecular formula is C13H12AcN-. The second-order valence-corrected chi connectivity index (χ2v) is 3.40. The Morgan fingerprint density at radius 2 is 1.73 bits per heavy atom. The molecule has 0 aliphatic rings. The molecule has 1 radical (unpaired) electrons. The van der Waals surface area contributed by atoms with Crippen LogP contribution in [0.1, 0.15) is 12.5 Å². The van der Waals surface area contributed by atoms with Crippen molar-refractivity contribution in [2.75, 3.05) is 0 Å². The standard InChI is InChI=1S/C13H12N.Ac/c1-10(14)9-12-7-4-6-11-5-2-3-8-13(11)12;/h2-9,14H,1H3;/q-1;/b10-9+;. The summed E-state index contributed by atoms with van der Waals surface area (Å²) in [5.41, 5.74) is 9.16. The van der Waals surface area contributed by atoms with E-state index in [1.54, 1.807) is 6.92 Å². The van der Waals surface area contributed by atoms with Crippen LogP contribution in [0.15, 0.2) is 48.2 Å². The van der Waals surface area contributed by atoms with E-state index >= 15 is 0 Å². The summed E-state index contributed by atoms with van der Waals surface area (Å²) in [6.07, 6.45) is 1.89. The van der Waals surface area contributed by atoms with E-state index in [9.17, 15) is 0 Å². The molecule has 0 atom stereocenters. The fourth-order valence-corrected chi connectivity index (χ4v) is 1.61. The Bertz CT molecular complexity index is 479. The van der Waals surface area contributed by atoms with Gasteiger partial charge in [0.25, 0.3) is 0 Å². The molecule has 0 unspecified atom stereocenters. The molecule has 15 heavy (non-hydrogen) atoms. The molecule has 0 spiro atoms. The van der Waals surface area contributed by atoms with Gasteiger partial charge < -0.3 is 5.73 Å². The molecule has 0 aromatic heterocycles. The van der Waals surface area contributed by atoms with Crippen molar-refractivity contribution in [3.05, 3.63) is 59.5 Å². The van der Waals surface area contributed by atoms with Crippen LogP contribution in [0, 0.1) is 44.1 Å². The Morgan fingerprint density at radius 3 is 2.47 bits per heavy atom. The molecule has 0 fully saturated rings. The van der Waals surface area contributed by atoms with Crippen molar-refractivity contribution in [2.45, 2.75) is 6.92 Å². The van der Waals surface area contributed by atoms with Gasteiger partial charge in [-0.1, -0.05) is 55.5 Å². The van der Waals surface area contributed by atoms with Gasteiger partial charge in [-0.3, -0.25) is 0 Å². The zero-order valence-electron chi connectivity index (χ0n) is 8.70. The second-order valence-electron chi connectivity index (χ2n) is 3.40. The third kappa shape index (κ3) is 3.06. The van der Waals surface area contributed by atoms with E-state index in [1.807, 2.05) is 30.3 Å². The Kier molecular flexibility index (Phi) is 4.83. The molecule has 0 aliphatic carbocycles. The zero-order chi connectivity index (χ0) is 9.97. The van der Waals surface area contributed by atoms with E-state index < -0.39 is 0 Å². The molecule has 1 N–H and O–H groups in total. The van der Waals surface area contributed by atoms with E-state index in [0.717, 1.165) is 5.56 Å². The maximum atomic E-state index is 7.45. The minimum absolute atomic E-state index is 0. The number of benzene rings is 2. The molecule has 2 aromatic carbocycles. The van der Waals surface area contributed by atoms with Crippen LogP contribution in [0.3, 0.4) is 0 Å². The monoisotopic (exact) mass is 409 g/mol. The average molecular weight is 409 g/mol. The Labute approximate surface area is 126 Å². The molecule has 0 saturated carbocycles. The third-order valence-electron chi connectivity index (χ3n) is 2.20. The van der Waals surface area contributed by atoms with Crippen molar-refractivity contribution in [1.29, 1.82) is 0 Å². The smallest absolute Gasteiger partial charge is 0 e. The molecule has 1 nitrogen and oxygen atoms in total.